The summed E-state index contributed by atoms with van der Waals surface area (Å²) in [6.45, 7) is 3.99. The summed E-state index contributed by atoms with van der Waals surface area (Å²) in [6.07, 6.45) is -1.84. The molecule has 2 aromatic carbocycles. The van der Waals surface area contributed by atoms with Gasteiger partial charge < -0.3 is 19.7 Å². The molecule has 39 heavy (non-hydrogen) atoms. The van der Waals surface area contributed by atoms with Gasteiger partial charge in [0.15, 0.2) is 0 Å². The van der Waals surface area contributed by atoms with Crippen molar-refractivity contribution in [1.29, 1.82) is 0 Å². The Balaban J connectivity index is 1.57. The number of nitrogens with one attached hydrogen (secondary N) is 1. The Kier molecular flexibility index (Phi) is 8.14. The van der Waals surface area contributed by atoms with Crippen LogP contribution in [0, 0.1) is 5.82 Å². The third-order valence-electron chi connectivity index (χ3n) is 5.60. The van der Waals surface area contributed by atoms with E-state index in [2.05, 4.69) is 15.3 Å². The van der Waals surface area contributed by atoms with Crippen LogP contribution >= 0.6 is 11.8 Å². The summed E-state index contributed by atoms with van der Waals surface area (Å²) in [4.78, 5) is 22.7. The highest BCUT2D eigenvalue weighted by molar-refractivity contribution is 8.01. The lowest BCUT2D eigenvalue weighted by molar-refractivity contribution is -0.140. The van der Waals surface area contributed by atoms with Crippen LogP contribution < -0.4 is 10.2 Å². The first kappa shape index (κ1) is 28.0. The third-order valence-corrected chi connectivity index (χ3v) is 6.80. The number of halogens is 4. The number of thioether (sulfide) groups is 1. The first-order valence-electron chi connectivity index (χ1n) is 11.7. The molecule has 0 unspecified atom stereocenters. The molecule has 0 bridgehead atoms. The molecule has 204 valence electrons. The fraction of sp³-hybridized carbons (Fsp3) is 0.222. The van der Waals surface area contributed by atoms with Gasteiger partial charge in [0.05, 0.1) is 18.4 Å². The highest BCUT2D eigenvalue weighted by Crippen LogP contribution is 2.34. The average molecular weight is 561 g/mol. The van der Waals surface area contributed by atoms with Gasteiger partial charge in [0.25, 0.3) is 0 Å². The SMILES string of the molecule is CC(C)(Sc1ccc(CN(Cc2ccco2)c2ccnc(Nc3ccc(F)c(C(F)(F)F)c3)n2)cc1)C(=O)O. The van der Waals surface area contributed by atoms with Gasteiger partial charge in [0.2, 0.25) is 5.95 Å². The number of furan rings is 1. The van der Waals surface area contributed by atoms with Crippen molar-refractivity contribution < 1.29 is 31.9 Å². The number of anilines is 3. The van der Waals surface area contributed by atoms with E-state index in [-0.39, 0.29) is 11.6 Å². The highest BCUT2D eigenvalue weighted by Gasteiger charge is 2.34. The van der Waals surface area contributed by atoms with Crippen molar-refractivity contribution in [3.8, 4) is 0 Å². The molecule has 0 saturated carbocycles. The number of alkyl halides is 3. The quantitative estimate of drug-likeness (QED) is 0.156. The average Bonchev–Trinajstić information content (AvgIpc) is 3.38. The number of hydrogen-bond acceptors (Lipinski definition) is 7. The van der Waals surface area contributed by atoms with Crippen LogP contribution in [0.4, 0.5) is 35.0 Å². The Morgan fingerprint density at radius 1 is 1.08 bits per heavy atom. The smallest absolute Gasteiger partial charge is 0.419 e. The summed E-state index contributed by atoms with van der Waals surface area (Å²) < 4.78 is 57.6. The molecule has 0 saturated heterocycles. The number of carbonyl (C=O) groups is 1. The highest BCUT2D eigenvalue weighted by atomic mass is 32.2. The molecule has 2 heterocycles. The largest absolute Gasteiger partial charge is 0.480 e. The van der Waals surface area contributed by atoms with Gasteiger partial charge in [0.1, 0.15) is 22.1 Å². The molecular weight excluding hydrogens is 536 g/mol. The van der Waals surface area contributed by atoms with E-state index in [1.807, 2.05) is 29.2 Å². The molecule has 0 aliphatic rings. The van der Waals surface area contributed by atoms with Crippen LogP contribution in [0.15, 0.2) is 82.4 Å². The summed E-state index contributed by atoms with van der Waals surface area (Å²) in [7, 11) is 0. The number of carboxylic acids is 1. The number of hydrogen-bond donors (Lipinski definition) is 2. The molecule has 0 fully saturated rings. The van der Waals surface area contributed by atoms with Gasteiger partial charge in [0, 0.05) is 23.3 Å². The van der Waals surface area contributed by atoms with Crippen LogP contribution in [-0.4, -0.2) is 25.8 Å². The zero-order valence-corrected chi connectivity index (χ0v) is 21.7. The zero-order valence-electron chi connectivity index (χ0n) is 20.9. The predicted octanol–water partition coefficient (Wildman–Crippen LogP) is 7.13. The molecule has 0 aliphatic heterocycles. The molecular formula is C27H24F4N4O3S. The van der Waals surface area contributed by atoms with E-state index in [0.29, 0.717) is 30.7 Å². The topological polar surface area (TPSA) is 91.5 Å². The van der Waals surface area contributed by atoms with Gasteiger partial charge in [-0.1, -0.05) is 12.1 Å². The van der Waals surface area contributed by atoms with Gasteiger partial charge in [-0.15, -0.1) is 11.8 Å². The third kappa shape index (κ3) is 7.29. The molecule has 7 nitrogen and oxygen atoms in total. The molecule has 0 amide bonds. The van der Waals surface area contributed by atoms with Crippen molar-refractivity contribution in [2.75, 3.05) is 10.2 Å². The molecule has 2 aromatic heterocycles. The minimum Gasteiger partial charge on any atom is -0.480 e. The summed E-state index contributed by atoms with van der Waals surface area (Å²) in [6, 6.07) is 15.2. The van der Waals surface area contributed by atoms with Crippen LogP contribution in [0.3, 0.4) is 0 Å². The molecule has 4 aromatic rings. The lowest BCUT2D eigenvalue weighted by Crippen LogP contribution is -2.26. The van der Waals surface area contributed by atoms with Crippen LogP contribution in [0.1, 0.15) is 30.7 Å². The van der Waals surface area contributed by atoms with E-state index < -0.39 is 28.3 Å². The van der Waals surface area contributed by atoms with Gasteiger partial charge in [-0.2, -0.15) is 18.2 Å². The van der Waals surface area contributed by atoms with Gasteiger partial charge >= 0.3 is 12.1 Å². The minimum absolute atomic E-state index is 0.0177. The Bertz CT molecular complexity index is 1430. The fourth-order valence-electron chi connectivity index (χ4n) is 3.57. The summed E-state index contributed by atoms with van der Waals surface area (Å²) in [5, 5.41) is 12.1. The van der Waals surface area contributed by atoms with Crippen molar-refractivity contribution in [2.45, 2.75) is 42.8 Å². The zero-order chi connectivity index (χ0) is 28.2. The maximum atomic E-state index is 13.7. The molecule has 0 atom stereocenters. The van der Waals surface area contributed by atoms with E-state index in [0.717, 1.165) is 16.5 Å². The molecule has 2 N–H and O–H groups in total. The Labute approximate surface area is 225 Å². The van der Waals surface area contributed by atoms with Crippen molar-refractivity contribution in [3.63, 3.8) is 0 Å². The minimum atomic E-state index is -4.85. The number of nitrogens with zero attached hydrogens (tertiary/aromatic N) is 3. The monoisotopic (exact) mass is 560 g/mol. The van der Waals surface area contributed by atoms with Gasteiger partial charge in [-0.25, -0.2) is 9.37 Å². The first-order chi connectivity index (χ1) is 18.4. The Morgan fingerprint density at radius 3 is 2.46 bits per heavy atom. The molecule has 12 heteroatoms. The van der Waals surface area contributed by atoms with E-state index in [1.165, 1.54) is 24.0 Å². The molecule has 0 radical (unpaired) electrons. The molecule has 0 spiro atoms. The summed E-state index contributed by atoms with van der Waals surface area (Å²) >= 11 is 1.24. The van der Waals surface area contributed by atoms with Gasteiger partial charge in [-0.05, 0) is 67.9 Å². The van der Waals surface area contributed by atoms with Crippen LogP contribution in [0.2, 0.25) is 0 Å². The van der Waals surface area contributed by atoms with E-state index in [9.17, 15) is 27.5 Å². The van der Waals surface area contributed by atoms with E-state index in [4.69, 9.17) is 4.42 Å². The Morgan fingerprint density at radius 2 is 1.82 bits per heavy atom. The maximum Gasteiger partial charge on any atom is 0.419 e. The number of benzene rings is 2. The standard InChI is InChI=1S/C27H24F4N4O3S/c1-26(2,24(36)37)39-20-8-5-17(6-9-20)15-35(16-19-4-3-13-38-19)23-11-12-32-25(34-23)33-18-7-10-22(28)21(14-18)27(29,30)31/h3-14H,15-16H2,1-2H3,(H,36,37)(H,32,33,34). The normalized spacial score (nSPS) is 11.8. The number of aromatic nitrogens is 2. The van der Waals surface area contributed by atoms with Crippen molar-refractivity contribution in [1.82, 2.24) is 9.97 Å². The lowest BCUT2D eigenvalue weighted by atomic mass is 10.2. The fourth-order valence-corrected chi connectivity index (χ4v) is 4.51. The first-order valence-corrected chi connectivity index (χ1v) is 12.5. The number of rotatable bonds is 10. The van der Waals surface area contributed by atoms with Crippen LogP contribution in [-0.2, 0) is 24.1 Å². The summed E-state index contributed by atoms with van der Waals surface area (Å²) in [5.41, 5.74) is -0.507. The number of carboxylic acid groups (broad SMARTS) is 1. The van der Waals surface area contributed by atoms with Crippen molar-refractivity contribution >= 4 is 35.2 Å². The lowest BCUT2D eigenvalue weighted by Gasteiger charge is -2.24. The number of aliphatic carboxylic acids is 1. The second kappa shape index (κ2) is 11.4. The van der Waals surface area contributed by atoms with Crippen LogP contribution in [0.25, 0.3) is 0 Å². The second-order valence-corrected chi connectivity index (χ2v) is 10.7. The molecule has 4 rings (SSSR count). The van der Waals surface area contributed by atoms with Crippen molar-refractivity contribution in [3.05, 3.63) is 95.8 Å². The van der Waals surface area contributed by atoms with Gasteiger partial charge in [-0.3, -0.25) is 4.79 Å². The second-order valence-electron chi connectivity index (χ2n) is 9.05. The van der Waals surface area contributed by atoms with Crippen molar-refractivity contribution in [2.24, 2.45) is 0 Å². The maximum absolute atomic E-state index is 13.7. The van der Waals surface area contributed by atoms with Crippen LogP contribution in [0.5, 0.6) is 0 Å². The Hall–Kier alpha value is -4.06. The predicted molar refractivity (Wildman–Crippen MR) is 139 cm³/mol. The molecule has 0 aliphatic carbocycles. The summed E-state index contributed by atoms with van der Waals surface area (Å²) in [5.74, 6) is -1.13. The van der Waals surface area contributed by atoms with E-state index in [1.54, 1.807) is 38.3 Å². The van der Waals surface area contributed by atoms with E-state index >= 15 is 0 Å².